The molecule has 1 aliphatic heterocycles. The summed E-state index contributed by atoms with van der Waals surface area (Å²) in [6.07, 6.45) is -0.439. The highest BCUT2D eigenvalue weighted by Crippen LogP contribution is 2.34. The Labute approximate surface area is 86.4 Å². The second-order valence-corrected chi connectivity index (χ2v) is 3.58. The Morgan fingerprint density at radius 2 is 1.46 bits per heavy atom. The second-order valence-electron chi connectivity index (χ2n) is 2.72. The number of alkyl halides is 2. The molecule has 0 amide bonds. The van der Waals surface area contributed by atoms with Gasteiger partial charge in [-0.1, -0.05) is 53.5 Å². The van der Waals surface area contributed by atoms with Crippen LogP contribution in [0.1, 0.15) is 11.9 Å². The van der Waals surface area contributed by atoms with Crippen molar-refractivity contribution in [2.45, 2.75) is 17.4 Å². The summed E-state index contributed by atoms with van der Waals surface area (Å²) in [6, 6.07) is 9.56. The molecule has 0 saturated carbocycles. The normalized spacial score (nSPS) is 33.5. The lowest BCUT2D eigenvalue weighted by Crippen LogP contribution is -2.07. The van der Waals surface area contributed by atoms with E-state index < -0.39 is 17.4 Å². The molecule has 2 unspecified atom stereocenters. The molecule has 0 radical (unpaired) electrons. The predicted molar refractivity (Wildman–Crippen MR) is 50.6 cm³/mol. The van der Waals surface area contributed by atoms with Crippen molar-refractivity contribution in [3.05, 3.63) is 35.9 Å². The van der Waals surface area contributed by atoms with Crippen LogP contribution in [0.2, 0.25) is 0 Å². The van der Waals surface area contributed by atoms with Crippen molar-refractivity contribution in [2.75, 3.05) is 0 Å². The molecule has 2 rings (SSSR count). The van der Waals surface area contributed by atoms with Gasteiger partial charge in [0.15, 0.2) is 17.4 Å². The van der Waals surface area contributed by atoms with E-state index in [1.165, 1.54) is 0 Å². The molecule has 13 heavy (non-hydrogen) atoms. The van der Waals surface area contributed by atoms with Gasteiger partial charge in [0.1, 0.15) is 0 Å². The standard InChI is InChI=1S/C9H8Cl2O2/c10-7-8(11)13-9(12-7)6-4-2-1-3-5-6/h1-5,7-9H. The molecule has 0 bridgehead atoms. The van der Waals surface area contributed by atoms with Gasteiger partial charge >= 0.3 is 0 Å². The summed E-state index contributed by atoms with van der Waals surface area (Å²) >= 11 is 11.5. The summed E-state index contributed by atoms with van der Waals surface area (Å²) in [6.45, 7) is 0. The fraction of sp³-hybridized carbons (Fsp3) is 0.333. The topological polar surface area (TPSA) is 18.5 Å². The molecule has 1 aliphatic rings. The average Bonchev–Trinajstić information content (AvgIpc) is 2.49. The van der Waals surface area contributed by atoms with E-state index in [2.05, 4.69) is 0 Å². The Morgan fingerprint density at radius 3 is 2.00 bits per heavy atom. The van der Waals surface area contributed by atoms with Crippen molar-refractivity contribution < 1.29 is 9.47 Å². The average molecular weight is 219 g/mol. The smallest absolute Gasteiger partial charge is 0.187 e. The molecule has 1 aromatic carbocycles. The van der Waals surface area contributed by atoms with Crippen molar-refractivity contribution in [1.82, 2.24) is 0 Å². The molecule has 70 valence electrons. The maximum Gasteiger partial charge on any atom is 0.187 e. The summed E-state index contributed by atoms with van der Waals surface area (Å²) in [4.78, 5) is 0. The van der Waals surface area contributed by atoms with Gasteiger partial charge in [-0.25, -0.2) is 0 Å². The minimum atomic E-state index is -0.577. The number of ether oxygens (including phenoxy) is 2. The van der Waals surface area contributed by atoms with E-state index in [4.69, 9.17) is 32.7 Å². The van der Waals surface area contributed by atoms with Gasteiger partial charge in [0.2, 0.25) is 0 Å². The molecule has 0 aliphatic carbocycles. The monoisotopic (exact) mass is 218 g/mol. The van der Waals surface area contributed by atoms with E-state index in [0.29, 0.717) is 0 Å². The first kappa shape index (κ1) is 9.28. The molecule has 4 heteroatoms. The molecule has 1 heterocycles. The Kier molecular flexibility index (Phi) is 2.74. The number of hydrogen-bond acceptors (Lipinski definition) is 2. The van der Waals surface area contributed by atoms with Gasteiger partial charge in [0.05, 0.1) is 0 Å². The molecular weight excluding hydrogens is 211 g/mol. The Morgan fingerprint density at radius 1 is 0.923 bits per heavy atom. The Bertz CT molecular complexity index is 268. The number of halogens is 2. The van der Waals surface area contributed by atoms with Gasteiger partial charge in [0.25, 0.3) is 0 Å². The number of rotatable bonds is 1. The highest BCUT2D eigenvalue weighted by molar-refractivity contribution is 6.28. The minimum Gasteiger partial charge on any atom is -0.325 e. The van der Waals surface area contributed by atoms with Crippen LogP contribution >= 0.6 is 23.2 Å². The van der Waals surface area contributed by atoms with E-state index in [9.17, 15) is 0 Å². The van der Waals surface area contributed by atoms with Crippen molar-refractivity contribution in [3.63, 3.8) is 0 Å². The first-order valence-electron chi connectivity index (χ1n) is 3.91. The summed E-state index contributed by atoms with van der Waals surface area (Å²) < 4.78 is 10.5. The number of hydrogen-bond donors (Lipinski definition) is 0. The molecule has 1 fully saturated rings. The van der Waals surface area contributed by atoms with Gasteiger partial charge < -0.3 is 9.47 Å². The van der Waals surface area contributed by atoms with Crippen LogP contribution in [0.3, 0.4) is 0 Å². The molecule has 2 nitrogen and oxygen atoms in total. The second kappa shape index (κ2) is 3.84. The quantitative estimate of drug-likeness (QED) is 0.676. The van der Waals surface area contributed by atoms with Crippen LogP contribution in [0, 0.1) is 0 Å². The summed E-state index contributed by atoms with van der Waals surface area (Å²) in [7, 11) is 0. The first-order valence-corrected chi connectivity index (χ1v) is 4.78. The van der Waals surface area contributed by atoms with Crippen LogP contribution in [0.4, 0.5) is 0 Å². The lowest BCUT2D eigenvalue weighted by atomic mass is 10.2. The van der Waals surface area contributed by atoms with E-state index >= 15 is 0 Å². The molecular formula is C9H8Cl2O2. The molecule has 0 spiro atoms. The number of benzene rings is 1. The third-order valence-corrected chi connectivity index (χ3v) is 2.58. The fourth-order valence-corrected chi connectivity index (χ4v) is 1.46. The van der Waals surface area contributed by atoms with E-state index in [0.717, 1.165) is 5.56 Å². The van der Waals surface area contributed by atoms with Gasteiger partial charge in [-0.2, -0.15) is 0 Å². The van der Waals surface area contributed by atoms with Crippen molar-refractivity contribution in [3.8, 4) is 0 Å². The maximum absolute atomic E-state index is 5.73. The van der Waals surface area contributed by atoms with Crippen LogP contribution in [0.15, 0.2) is 30.3 Å². The summed E-state index contributed by atoms with van der Waals surface area (Å²) in [5.74, 6) is 0. The van der Waals surface area contributed by atoms with Crippen molar-refractivity contribution in [1.29, 1.82) is 0 Å². The zero-order valence-electron chi connectivity index (χ0n) is 6.69. The lowest BCUT2D eigenvalue weighted by Gasteiger charge is -2.08. The van der Waals surface area contributed by atoms with Crippen LogP contribution in [-0.2, 0) is 9.47 Å². The van der Waals surface area contributed by atoms with Gasteiger partial charge in [-0.3, -0.25) is 0 Å². The summed E-state index contributed by atoms with van der Waals surface area (Å²) in [5.41, 5.74) is -0.227. The van der Waals surface area contributed by atoms with Crippen molar-refractivity contribution >= 4 is 23.2 Å². The van der Waals surface area contributed by atoms with Crippen LogP contribution in [-0.4, -0.2) is 11.1 Å². The van der Waals surface area contributed by atoms with Gasteiger partial charge in [-0.15, -0.1) is 0 Å². The Balaban J connectivity index is 2.12. The highest BCUT2D eigenvalue weighted by Gasteiger charge is 2.33. The maximum atomic E-state index is 5.73. The molecule has 0 aromatic heterocycles. The molecule has 1 aromatic rings. The van der Waals surface area contributed by atoms with E-state index in [1.54, 1.807) is 0 Å². The van der Waals surface area contributed by atoms with Crippen LogP contribution < -0.4 is 0 Å². The predicted octanol–water partition coefficient (Wildman–Crippen LogP) is 2.86. The van der Waals surface area contributed by atoms with Crippen molar-refractivity contribution in [2.24, 2.45) is 0 Å². The highest BCUT2D eigenvalue weighted by atomic mass is 35.5. The zero-order valence-corrected chi connectivity index (χ0v) is 8.20. The van der Waals surface area contributed by atoms with Crippen LogP contribution in [0.25, 0.3) is 0 Å². The SMILES string of the molecule is ClC1OC(c2ccccc2)OC1Cl. The first-order chi connectivity index (χ1) is 6.27. The zero-order chi connectivity index (χ0) is 9.26. The molecule has 0 N–H and O–H groups in total. The van der Waals surface area contributed by atoms with E-state index in [-0.39, 0.29) is 0 Å². The fourth-order valence-electron chi connectivity index (χ4n) is 1.16. The third-order valence-electron chi connectivity index (χ3n) is 1.78. The molecule has 2 atom stereocenters. The Hall–Kier alpha value is -0.280. The van der Waals surface area contributed by atoms with E-state index in [1.807, 2.05) is 30.3 Å². The third kappa shape index (κ3) is 1.97. The minimum absolute atomic E-state index is 0.439. The largest absolute Gasteiger partial charge is 0.325 e. The molecule has 1 saturated heterocycles. The van der Waals surface area contributed by atoms with Gasteiger partial charge in [-0.05, 0) is 0 Å². The van der Waals surface area contributed by atoms with Crippen LogP contribution in [0.5, 0.6) is 0 Å². The van der Waals surface area contributed by atoms with Gasteiger partial charge in [0, 0.05) is 5.56 Å². The lowest BCUT2D eigenvalue weighted by molar-refractivity contribution is -0.0534. The summed E-state index contributed by atoms with van der Waals surface area (Å²) in [5, 5.41) is 0.